The minimum Gasteiger partial charge on any atom is -0.413 e. The summed E-state index contributed by atoms with van der Waals surface area (Å²) in [5.41, 5.74) is 10.9. The van der Waals surface area contributed by atoms with E-state index in [1.807, 2.05) is 34.9 Å². The van der Waals surface area contributed by atoms with Crippen LogP contribution in [0.15, 0.2) is 54.7 Å². The summed E-state index contributed by atoms with van der Waals surface area (Å²) in [4.78, 5) is 13.7. The van der Waals surface area contributed by atoms with Crippen LogP contribution in [0.5, 0.6) is 0 Å². The molecular formula is C26H29N5OSi. The van der Waals surface area contributed by atoms with Gasteiger partial charge in [0.15, 0.2) is 19.8 Å². The molecule has 0 unspecified atom stereocenters. The Balaban J connectivity index is 1.77. The molecule has 7 heteroatoms. The number of terminal acetylenes is 1. The molecule has 6 nitrogen and oxygen atoms in total. The predicted octanol–water partition coefficient (Wildman–Crippen LogP) is 5.57. The zero-order valence-electron chi connectivity index (χ0n) is 19.8. The molecule has 2 N–H and O–H groups in total. The van der Waals surface area contributed by atoms with Gasteiger partial charge in [-0.15, -0.1) is 6.42 Å². The summed E-state index contributed by atoms with van der Waals surface area (Å²) in [7, 11) is -1.83. The van der Waals surface area contributed by atoms with Crippen molar-refractivity contribution >= 4 is 25.3 Å². The van der Waals surface area contributed by atoms with Crippen molar-refractivity contribution in [1.82, 2.24) is 19.5 Å². The van der Waals surface area contributed by atoms with E-state index in [-0.39, 0.29) is 5.04 Å². The van der Waals surface area contributed by atoms with Gasteiger partial charge in [-0.3, -0.25) is 4.57 Å². The Hall–Kier alpha value is -3.47. The first-order valence-electron chi connectivity index (χ1n) is 10.9. The van der Waals surface area contributed by atoms with Crippen LogP contribution in [0.4, 0.5) is 5.82 Å². The Bertz CT molecular complexity index is 1340. The van der Waals surface area contributed by atoms with E-state index in [9.17, 15) is 0 Å². The first-order chi connectivity index (χ1) is 15.6. The normalized spacial score (nSPS) is 12.1. The molecule has 0 aliphatic heterocycles. The highest BCUT2D eigenvalue weighted by Gasteiger charge is 2.37. The number of rotatable bonds is 5. The monoisotopic (exact) mass is 455 g/mol. The maximum atomic E-state index is 6.38. The van der Waals surface area contributed by atoms with Crippen LogP contribution in [0, 0.1) is 12.3 Å². The highest BCUT2D eigenvalue weighted by atomic mass is 28.4. The zero-order valence-corrected chi connectivity index (χ0v) is 20.8. The van der Waals surface area contributed by atoms with E-state index in [4.69, 9.17) is 21.6 Å². The van der Waals surface area contributed by atoms with Crippen molar-refractivity contribution in [3.8, 4) is 29.4 Å². The summed E-state index contributed by atoms with van der Waals surface area (Å²) in [5.74, 6) is 3.69. The molecular weight excluding hydrogens is 426 g/mol. The summed E-state index contributed by atoms with van der Waals surface area (Å²) in [6, 6.07) is 15.7. The SMILES string of the molecule is C#Cc1ccc2nc(-c3cccnc3N)n(-c3ccc(CO[Si](C)(C)C(C)(C)C)cc3)c2n1. The molecule has 4 aromatic rings. The molecule has 0 radical (unpaired) electrons. The van der Waals surface area contributed by atoms with E-state index < -0.39 is 8.32 Å². The summed E-state index contributed by atoms with van der Waals surface area (Å²) in [6.45, 7) is 11.8. The fourth-order valence-electron chi connectivity index (χ4n) is 3.29. The number of pyridine rings is 2. The van der Waals surface area contributed by atoms with E-state index >= 15 is 0 Å². The molecule has 0 fully saturated rings. The van der Waals surface area contributed by atoms with Gasteiger partial charge in [0.05, 0.1) is 12.2 Å². The van der Waals surface area contributed by atoms with Gasteiger partial charge in [0.25, 0.3) is 0 Å². The lowest BCUT2D eigenvalue weighted by molar-refractivity contribution is 0.276. The fraction of sp³-hybridized carbons (Fsp3) is 0.269. The van der Waals surface area contributed by atoms with Crippen molar-refractivity contribution in [3.63, 3.8) is 0 Å². The lowest BCUT2D eigenvalue weighted by Gasteiger charge is -2.36. The molecule has 33 heavy (non-hydrogen) atoms. The summed E-state index contributed by atoms with van der Waals surface area (Å²) in [6.07, 6.45) is 7.27. The van der Waals surface area contributed by atoms with Gasteiger partial charge in [-0.25, -0.2) is 15.0 Å². The number of benzene rings is 1. The molecule has 0 saturated carbocycles. The Kier molecular flexibility index (Phi) is 5.83. The van der Waals surface area contributed by atoms with E-state index in [1.54, 1.807) is 12.3 Å². The third-order valence-electron chi connectivity index (χ3n) is 6.33. The first-order valence-corrected chi connectivity index (χ1v) is 13.8. The molecule has 3 aromatic heterocycles. The minimum atomic E-state index is -1.83. The van der Waals surface area contributed by atoms with Crippen LogP contribution < -0.4 is 5.73 Å². The predicted molar refractivity (Wildman–Crippen MR) is 136 cm³/mol. The summed E-state index contributed by atoms with van der Waals surface area (Å²) >= 11 is 0. The number of nitrogens with two attached hydrogens (primary N) is 1. The highest BCUT2D eigenvalue weighted by molar-refractivity contribution is 6.74. The maximum Gasteiger partial charge on any atom is 0.192 e. The Morgan fingerprint density at radius 2 is 1.79 bits per heavy atom. The second kappa shape index (κ2) is 8.47. The molecule has 0 amide bonds. The lowest BCUT2D eigenvalue weighted by atomic mass is 10.2. The van der Waals surface area contributed by atoms with Crippen LogP contribution in [0.1, 0.15) is 32.0 Å². The molecule has 168 valence electrons. The van der Waals surface area contributed by atoms with Gasteiger partial charge in [-0.2, -0.15) is 0 Å². The zero-order chi connectivity index (χ0) is 23.8. The smallest absolute Gasteiger partial charge is 0.192 e. The van der Waals surface area contributed by atoms with Gasteiger partial charge in [-0.05, 0) is 60.1 Å². The number of imidazole rings is 1. The fourth-order valence-corrected chi connectivity index (χ4v) is 4.25. The Morgan fingerprint density at radius 1 is 1.06 bits per heavy atom. The van der Waals surface area contributed by atoms with Crippen LogP contribution >= 0.6 is 0 Å². The third-order valence-corrected chi connectivity index (χ3v) is 10.8. The number of fused-ring (bicyclic) bond motifs is 1. The number of nitrogens with zero attached hydrogens (tertiary/aromatic N) is 4. The van der Waals surface area contributed by atoms with Crippen LogP contribution in [0.3, 0.4) is 0 Å². The quantitative estimate of drug-likeness (QED) is 0.314. The Labute approximate surface area is 196 Å². The number of hydrogen-bond acceptors (Lipinski definition) is 5. The molecule has 4 rings (SSSR count). The molecule has 0 aliphatic carbocycles. The number of aromatic nitrogens is 4. The number of hydrogen-bond donors (Lipinski definition) is 1. The van der Waals surface area contributed by atoms with E-state index in [1.165, 1.54) is 0 Å². The van der Waals surface area contributed by atoms with Gasteiger partial charge >= 0.3 is 0 Å². The number of anilines is 1. The van der Waals surface area contributed by atoms with Crippen molar-refractivity contribution in [3.05, 3.63) is 66.0 Å². The van der Waals surface area contributed by atoms with Gasteiger partial charge in [0, 0.05) is 11.9 Å². The van der Waals surface area contributed by atoms with Gasteiger partial charge < -0.3 is 10.2 Å². The van der Waals surface area contributed by atoms with E-state index in [0.717, 1.165) is 22.3 Å². The van der Waals surface area contributed by atoms with Crippen molar-refractivity contribution in [2.45, 2.75) is 45.5 Å². The van der Waals surface area contributed by atoms with Crippen molar-refractivity contribution in [2.24, 2.45) is 0 Å². The molecule has 0 atom stereocenters. The van der Waals surface area contributed by atoms with Gasteiger partial charge in [0.1, 0.15) is 17.0 Å². The second-order valence-electron chi connectivity index (χ2n) is 9.61. The van der Waals surface area contributed by atoms with Gasteiger partial charge in [-0.1, -0.05) is 38.8 Å². The van der Waals surface area contributed by atoms with Crippen molar-refractivity contribution < 1.29 is 4.43 Å². The third kappa shape index (κ3) is 4.40. The molecule has 1 aromatic carbocycles. The average molecular weight is 456 g/mol. The van der Waals surface area contributed by atoms with Crippen LogP contribution in [-0.4, -0.2) is 27.8 Å². The highest BCUT2D eigenvalue weighted by Crippen LogP contribution is 2.37. The molecule has 0 spiro atoms. The van der Waals surface area contributed by atoms with Gasteiger partial charge in [0.2, 0.25) is 0 Å². The van der Waals surface area contributed by atoms with Crippen LogP contribution in [0.2, 0.25) is 18.1 Å². The van der Waals surface area contributed by atoms with Crippen LogP contribution in [-0.2, 0) is 11.0 Å². The topological polar surface area (TPSA) is 78.8 Å². The summed E-state index contributed by atoms with van der Waals surface area (Å²) < 4.78 is 8.35. The maximum absolute atomic E-state index is 6.38. The van der Waals surface area contributed by atoms with E-state index in [0.29, 0.717) is 29.6 Å². The molecule has 0 aliphatic rings. The average Bonchev–Trinajstić information content (AvgIpc) is 3.16. The Morgan fingerprint density at radius 3 is 2.42 bits per heavy atom. The number of nitrogen functional groups attached to an aromatic ring is 1. The van der Waals surface area contributed by atoms with Crippen molar-refractivity contribution in [2.75, 3.05) is 5.73 Å². The molecule has 0 saturated heterocycles. The van der Waals surface area contributed by atoms with E-state index in [2.05, 4.69) is 61.9 Å². The standard InChI is InChI=1S/C26H29N5OSi/c1-7-19-12-15-22-25(29-19)31(24(30-22)21-9-8-16-28-23(21)27)20-13-10-18(11-14-20)17-32-33(5,6)26(2,3)4/h1,8-16H,17H2,2-6H3,(H2,27,28). The van der Waals surface area contributed by atoms with Crippen LogP contribution in [0.25, 0.3) is 28.2 Å². The summed E-state index contributed by atoms with van der Waals surface area (Å²) in [5, 5.41) is 0.168. The molecule has 3 heterocycles. The van der Waals surface area contributed by atoms with Crippen molar-refractivity contribution in [1.29, 1.82) is 0 Å². The lowest BCUT2D eigenvalue weighted by Crippen LogP contribution is -2.40. The largest absolute Gasteiger partial charge is 0.413 e. The first kappa shape index (κ1) is 22.7. The second-order valence-corrected chi connectivity index (χ2v) is 14.4. The minimum absolute atomic E-state index is 0.168. The molecule has 0 bridgehead atoms.